The lowest BCUT2D eigenvalue weighted by Gasteiger charge is -2.38. The van der Waals surface area contributed by atoms with Crippen LogP contribution in [0.1, 0.15) is 45.1 Å². The van der Waals surface area contributed by atoms with Gasteiger partial charge in [-0.05, 0) is 51.5 Å². The Bertz CT molecular complexity index is 793. The number of aliphatic carboxylic acids is 1. The van der Waals surface area contributed by atoms with Gasteiger partial charge in [-0.3, -0.25) is 14.9 Å². The molecule has 2 aliphatic heterocycles. The molecule has 0 saturated carbocycles. The molecule has 1 amide bonds. The number of nitrogens with one attached hydrogen (secondary N) is 1. The number of carboxylic acids is 1. The summed E-state index contributed by atoms with van der Waals surface area (Å²) in [5, 5.41) is 13.0. The number of benzene rings is 1. The molecule has 0 aromatic heterocycles. The lowest BCUT2D eigenvalue weighted by Crippen LogP contribution is -2.56. The molecule has 2 unspecified atom stereocenters. The fraction of sp³-hybridized carbons (Fsp3) is 0.625. The van der Waals surface area contributed by atoms with Crippen molar-refractivity contribution >= 4 is 17.8 Å². The van der Waals surface area contributed by atoms with E-state index in [4.69, 9.17) is 9.47 Å². The molecule has 32 heavy (non-hydrogen) atoms. The molecule has 1 spiro atoms. The zero-order valence-corrected chi connectivity index (χ0v) is 18.9. The molecule has 1 aromatic rings. The minimum atomic E-state index is -1.00. The lowest BCUT2D eigenvalue weighted by molar-refractivity contribution is -0.156. The Kier molecular flexibility index (Phi) is 8.26. The molecule has 2 aliphatic rings. The van der Waals surface area contributed by atoms with Crippen molar-refractivity contribution in [3.8, 4) is 0 Å². The quantitative estimate of drug-likeness (QED) is 0.559. The molecule has 2 fully saturated rings. The van der Waals surface area contributed by atoms with E-state index >= 15 is 0 Å². The first kappa shape index (κ1) is 24.2. The summed E-state index contributed by atoms with van der Waals surface area (Å²) < 4.78 is 10.8. The van der Waals surface area contributed by atoms with Gasteiger partial charge in [0, 0.05) is 18.6 Å². The molecule has 2 heterocycles. The number of aryl methyl sites for hydroxylation is 1. The minimum absolute atomic E-state index is 0.250. The van der Waals surface area contributed by atoms with Crippen LogP contribution in [0.4, 0.5) is 0 Å². The molecule has 8 nitrogen and oxygen atoms in total. The summed E-state index contributed by atoms with van der Waals surface area (Å²) in [5.41, 5.74) is 0.556. The van der Waals surface area contributed by atoms with Gasteiger partial charge >= 0.3 is 11.9 Å². The van der Waals surface area contributed by atoms with Gasteiger partial charge in [0.2, 0.25) is 5.91 Å². The number of rotatable bonds is 9. The van der Waals surface area contributed by atoms with Crippen LogP contribution < -0.4 is 5.32 Å². The van der Waals surface area contributed by atoms with Gasteiger partial charge in [0.1, 0.15) is 12.1 Å². The molecular weight excluding hydrogens is 412 g/mol. The Labute approximate surface area is 189 Å². The fourth-order valence-corrected chi connectivity index (χ4v) is 4.95. The molecule has 2 saturated heterocycles. The molecule has 4 atom stereocenters. The summed E-state index contributed by atoms with van der Waals surface area (Å²) >= 11 is 0. The van der Waals surface area contributed by atoms with Crippen LogP contribution in [0, 0.1) is 5.41 Å². The van der Waals surface area contributed by atoms with Gasteiger partial charge in [-0.1, -0.05) is 30.3 Å². The average molecular weight is 447 g/mol. The minimum Gasteiger partial charge on any atom is -0.480 e. The molecule has 2 N–H and O–H groups in total. The Balaban J connectivity index is 1.69. The SMILES string of the molecule is CCOC(=O)C(CCc1ccccc1)N[C@@H](C)C(=O)N1CCC2(CCCOC2)[C@H]1C(=O)O. The van der Waals surface area contributed by atoms with Crippen molar-refractivity contribution in [3.05, 3.63) is 35.9 Å². The first-order valence-electron chi connectivity index (χ1n) is 11.5. The van der Waals surface area contributed by atoms with Crippen molar-refractivity contribution in [2.45, 2.75) is 64.1 Å². The predicted molar refractivity (Wildman–Crippen MR) is 118 cm³/mol. The summed E-state index contributed by atoms with van der Waals surface area (Å²) in [6, 6.07) is 7.51. The van der Waals surface area contributed by atoms with Crippen LogP contribution in [0.5, 0.6) is 0 Å². The predicted octanol–water partition coefficient (Wildman–Crippen LogP) is 2.01. The topological polar surface area (TPSA) is 105 Å². The second-order valence-corrected chi connectivity index (χ2v) is 8.76. The van der Waals surface area contributed by atoms with Gasteiger partial charge < -0.3 is 19.5 Å². The van der Waals surface area contributed by atoms with E-state index in [0.29, 0.717) is 39.0 Å². The average Bonchev–Trinajstić information content (AvgIpc) is 3.15. The van der Waals surface area contributed by atoms with Crippen molar-refractivity contribution in [3.63, 3.8) is 0 Å². The number of hydrogen-bond donors (Lipinski definition) is 2. The second-order valence-electron chi connectivity index (χ2n) is 8.76. The Morgan fingerprint density at radius 3 is 2.66 bits per heavy atom. The highest BCUT2D eigenvalue weighted by atomic mass is 16.5. The number of carbonyl (C=O) groups is 3. The van der Waals surface area contributed by atoms with Gasteiger partial charge in [-0.25, -0.2) is 4.79 Å². The van der Waals surface area contributed by atoms with Crippen molar-refractivity contribution in [2.24, 2.45) is 5.41 Å². The Morgan fingerprint density at radius 1 is 1.28 bits per heavy atom. The maximum absolute atomic E-state index is 13.3. The third kappa shape index (κ3) is 5.48. The van der Waals surface area contributed by atoms with Crippen molar-refractivity contribution in [1.82, 2.24) is 10.2 Å². The van der Waals surface area contributed by atoms with Crippen LogP contribution >= 0.6 is 0 Å². The first-order chi connectivity index (χ1) is 15.4. The second kappa shape index (κ2) is 10.9. The van der Waals surface area contributed by atoms with E-state index in [-0.39, 0.29) is 12.5 Å². The van der Waals surface area contributed by atoms with E-state index < -0.39 is 35.5 Å². The normalized spacial score (nSPS) is 24.8. The number of esters is 1. The number of nitrogens with zero attached hydrogens (tertiary/aromatic N) is 1. The molecule has 1 aromatic carbocycles. The summed E-state index contributed by atoms with van der Waals surface area (Å²) in [5.74, 6) is -1.72. The summed E-state index contributed by atoms with van der Waals surface area (Å²) in [7, 11) is 0. The highest BCUT2D eigenvalue weighted by Crippen LogP contribution is 2.43. The van der Waals surface area contributed by atoms with Crippen LogP contribution in [-0.2, 0) is 30.3 Å². The van der Waals surface area contributed by atoms with Gasteiger partial charge in [0.15, 0.2) is 0 Å². The van der Waals surface area contributed by atoms with E-state index in [0.717, 1.165) is 18.4 Å². The van der Waals surface area contributed by atoms with E-state index in [1.165, 1.54) is 4.90 Å². The number of amides is 1. The number of hydrogen-bond acceptors (Lipinski definition) is 6. The number of carbonyl (C=O) groups excluding carboxylic acids is 2. The smallest absolute Gasteiger partial charge is 0.327 e. The van der Waals surface area contributed by atoms with Crippen molar-refractivity contribution in [1.29, 1.82) is 0 Å². The number of likely N-dealkylation sites (tertiary alicyclic amines) is 1. The van der Waals surface area contributed by atoms with Crippen molar-refractivity contribution in [2.75, 3.05) is 26.4 Å². The standard InChI is InChI=1S/C24H34N2O6/c1-3-32-23(30)19(11-10-18-8-5-4-6-9-18)25-17(2)21(27)26-14-13-24(20(26)22(28)29)12-7-15-31-16-24/h4-6,8-9,17,19-20,25H,3,7,10-16H2,1-2H3,(H,28,29)/t17-,19?,20+,24?/m0/s1. The maximum atomic E-state index is 13.3. The van der Waals surface area contributed by atoms with E-state index in [9.17, 15) is 19.5 Å². The molecular formula is C24H34N2O6. The third-order valence-electron chi connectivity index (χ3n) is 6.57. The first-order valence-corrected chi connectivity index (χ1v) is 11.5. The number of ether oxygens (including phenoxy) is 2. The van der Waals surface area contributed by atoms with Gasteiger partial charge in [-0.2, -0.15) is 0 Å². The van der Waals surface area contributed by atoms with E-state index in [2.05, 4.69) is 5.32 Å². The molecule has 8 heteroatoms. The van der Waals surface area contributed by atoms with Crippen LogP contribution in [0.15, 0.2) is 30.3 Å². The zero-order chi connectivity index (χ0) is 23.1. The third-order valence-corrected chi connectivity index (χ3v) is 6.57. The Morgan fingerprint density at radius 2 is 2.03 bits per heavy atom. The van der Waals surface area contributed by atoms with Crippen LogP contribution in [-0.4, -0.2) is 72.3 Å². The zero-order valence-electron chi connectivity index (χ0n) is 18.9. The van der Waals surface area contributed by atoms with E-state index in [1.807, 2.05) is 30.3 Å². The molecule has 0 aliphatic carbocycles. The summed E-state index contributed by atoms with van der Waals surface area (Å²) in [6.45, 7) is 5.03. The molecule has 3 rings (SSSR count). The fourth-order valence-electron chi connectivity index (χ4n) is 4.95. The summed E-state index contributed by atoms with van der Waals surface area (Å²) in [4.78, 5) is 39.4. The summed E-state index contributed by atoms with van der Waals surface area (Å²) in [6.07, 6.45) is 3.26. The Hall–Kier alpha value is -2.45. The van der Waals surface area contributed by atoms with Crippen LogP contribution in [0.25, 0.3) is 0 Å². The highest BCUT2D eigenvalue weighted by Gasteiger charge is 2.54. The largest absolute Gasteiger partial charge is 0.480 e. The van der Waals surface area contributed by atoms with Crippen LogP contribution in [0.2, 0.25) is 0 Å². The number of carboxylic acid groups (broad SMARTS) is 1. The van der Waals surface area contributed by atoms with Crippen molar-refractivity contribution < 1.29 is 29.0 Å². The van der Waals surface area contributed by atoms with Crippen LogP contribution in [0.3, 0.4) is 0 Å². The van der Waals surface area contributed by atoms with E-state index in [1.54, 1.807) is 13.8 Å². The van der Waals surface area contributed by atoms with Gasteiger partial charge in [0.05, 0.1) is 19.3 Å². The van der Waals surface area contributed by atoms with Gasteiger partial charge in [-0.15, -0.1) is 0 Å². The molecule has 0 radical (unpaired) electrons. The maximum Gasteiger partial charge on any atom is 0.327 e. The lowest BCUT2D eigenvalue weighted by atomic mass is 9.76. The highest BCUT2D eigenvalue weighted by molar-refractivity contribution is 5.88. The molecule has 176 valence electrons. The van der Waals surface area contributed by atoms with Gasteiger partial charge in [0.25, 0.3) is 0 Å². The monoisotopic (exact) mass is 446 g/mol. The molecule has 0 bridgehead atoms.